The SMILES string of the molecule is C[C@@H]1CN(C(=O)/C=C/CNc2cc3c(Nc4ccc(F)c(Cl)c4)ncnc3cc2O[C@H]2CCOC2)CC(=O)O1. The summed E-state index contributed by atoms with van der Waals surface area (Å²) < 4.78 is 30.4. The molecule has 2 atom stereocenters. The van der Waals surface area contributed by atoms with Crippen LogP contribution < -0.4 is 15.4 Å². The summed E-state index contributed by atoms with van der Waals surface area (Å²) in [5, 5.41) is 7.15. The zero-order valence-corrected chi connectivity index (χ0v) is 21.9. The van der Waals surface area contributed by atoms with E-state index in [-0.39, 0.29) is 29.7 Å². The van der Waals surface area contributed by atoms with E-state index in [4.69, 9.17) is 25.8 Å². The van der Waals surface area contributed by atoms with Crippen LogP contribution >= 0.6 is 11.6 Å². The van der Waals surface area contributed by atoms with E-state index in [1.165, 1.54) is 29.4 Å². The number of cyclic esters (lactones) is 1. The van der Waals surface area contributed by atoms with Gasteiger partial charge < -0.3 is 29.7 Å². The topological polar surface area (TPSA) is 115 Å². The Kier molecular flexibility index (Phi) is 8.08. The summed E-state index contributed by atoms with van der Waals surface area (Å²) in [6.45, 7) is 3.46. The third-order valence-electron chi connectivity index (χ3n) is 6.21. The van der Waals surface area contributed by atoms with Crippen molar-refractivity contribution in [1.29, 1.82) is 0 Å². The summed E-state index contributed by atoms with van der Waals surface area (Å²) >= 11 is 5.94. The van der Waals surface area contributed by atoms with Crippen molar-refractivity contribution in [3.05, 3.63) is 59.7 Å². The van der Waals surface area contributed by atoms with Gasteiger partial charge in [-0.3, -0.25) is 9.59 Å². The number of ether oxygens (including phenoxy) is 3. The Morgan fingerprint density at radius 2 is 2.18 bits per heavy atom. The fourth-order valence-corrected chi connectivity index (χ4v) is 4.53. The maximum absolute atomic E-state index is 13.6. The summed E-state index contributed by atoms with van der Waals surface area (Å²) in [7, 11) is 0. The number of carbonyl (C=O) groups excluding carboxylic acids is 2. The van der Waals surface area contributed by atoms with Gasteiger partial charge in [0.15, 0.2) is 0 Å². The minimum absolute atomic E-state index is 0.00702. The number of carbonyl (C=O) groups is 2. The number of morpholine rings is 1. The lowest BCUT2D eigenvalue weighted by atomic mass is 10.1. The van der Waals surface area contributed by atoms with Crippen LogP contribution in [0.25, 0.3) is 10.9 Å². The lowest BCUT2D eigenvalue weighted by molar-refractivity contribution is -0.161. The molecule has 39 heavy (non-hydrogen) atoms. The van der Waals surface area contributed by atoms with E-state index in [1.807, 2.05) is 12.1 Å². The Bertz CT molecular complexity index is 1410. The first-order valence-corrected chi connectivity index (χ1v) is 12.9. The molecule has 3 aromatic rings. The number of aromatic nitrogens is 2. The molecule has 1 aromatic heterocycles. The number of rotatable bonds is 8. The Balaban J connectivity index is 1.37. The zero-order chi connectivity index (χ0) is 27.4. The summed E-state index contributed by atoms with van der Waals surface area (Å²) in [5.74, 6) is -0.119. The number of nitrogens with one attached hydrogen (secondary N) is 2. The van der Waals surface area contributed by atoms with E-state index < -0.39 is 11.8 Å². The average Bonchev–Trinajstić information content (AvgIpc) is 3.41. The molecule has 3 heterocycles. The molecular formula is C27H27ClFN5O5. The molecule has 2 aromatic carbocycles. The van der Waals surface area contributed by atoms with Gasteiger partial charge in [-0.05, 0) is 31.2 Å². The zero-order valence-electron chi connectivity index (χ0n) is 21.2. The normalized spacial score (nSPS) is 19.4. The van der Waals surface area contributed by atoms with Gasteiger partial charge >= 0.3 is 5.97 Å². The molecule has 0 radical (unpaired) electrons. The summed E-state index contributed by atoms with van der Waals surface area (Å²) in [6, 6.07) is 7.99. The lowest BCUT2D eigenvalue weighted by Gasteiger charge is -2.29. The number of nitrogens with zero attached hydrogens (tertiary/aromatic N) is 3. The van der Waals surface area contributed by atoms with E-state index >= 15 is 0 Å². The molecule has 2 aliphatic rings. The van der Waals surface area contributed by atoms with Crippen molar-refractivity contribution in [2.45, 2.75) is 25.6 Å². The van der Waals surface area contributed by atoms with Crippen molar-refractivity contribution in [3.8, 4) is 5.75 Å². The molecule has 5 rings (SSSR count). The van der Waals surface area contributed by atoms with E-state index in [0.29, 0.717) is 60.1 Å². The van der Waals surface area contributed by atoms with Crippen molar-refractivity contribution < 1.29 is 28.2 Å². The largest absolute Gasteiger partial charge is 0.486 e. The number of halogens is 2. The van der Waals surface area contributed by atoms with Crippen LogP contribution in [-0.4, -0.2) is 71.8 Å². The average molecular weight is 556 g/mol. The summed E-state index contributed by atoms with van der Waals surface area (Å²) in [5.41, 5.74) is 1.87. The van der Waals surface area contributed by atoms with E-state index in [2.05, 4.69) is 20.6 Å². The maximum Gasteiger partial charge on any atom is 0.325 e. The highest BCUT2D eigenvalue weighted by atomic mass is 35.5. The molecule has 0 unspecified atom stereocenters. The maximum atomic E-state index is 13.6. The Labute approximate surface area is 229 Å². The number of amides is 1. The second kappa shape index (κ2) is 11.8. The van der Waals surface area contributed by atoms with E-state index in [1.54, 1.807) is 19.1 Å². The number of anilines is 3. The fraction of sp³-hybridized carbons (Fsp3) is 0.333. The van der Waals surface area contributed by atoms with Crippen LogP contribution in [0, 0.1) is 5.82 Å². The third kappa shape index (κ3) is 6.55. The van der Waals surface area contributed by atoms with Gasteiger partial charge in [-0.1, -0.05) is 17.7 Å². The van der Waals surface area contributed by atoms with Crippen molar-refractivity contribution >= 4 is 51.6 Å². The number of hydrogen-bond donors (Lipinski definition) is 2. The second-order valence-electron chi connectivity index (χ2n) is 9.25. The quantitative estimate of drug-likeness (QED) is 0.313. The molecule has 2 aliphatic heterocycles. The van der Waals surface area contributed by atoms with Crippen LogP contribution in [0.3, 0.4) is 0 Å². The van der Waals surface area contributed by atoms with Gasteiger partial charge in [0.25, 0.3) is 0 Å². The molecule has 0 bridgehead atoms. The van der Waals surface area contributed by atoms with Gasteiger partial charge in [-0.2, -0.15) is 0 Å². The smallest absolute Gasteiger partial charge is 0.325 e. The molecule has 2 N–H and O–H groups in total. The van der Waals surface area contributed by atoms with Gasteiger partial charge in [0.1, 0.15) is 42.5 Å². The molecule has 0 aliphatic carbocycles. The van der Waals surface area contributed by atoms with Crippen LogP contribution in [0.4, 0.5) is 21.6 Å². The standard InChI is InChI=1S/C27H27ClFN5O5/c1-16-12-34(13-26(36)38-16)25(35)3-2-7-30-23-10-19-22(11-24(23)39-18-6-8-37-14-18)31-15-32-27(19)33-17-4-5-21(29)20(28)9-17/h2-5,9-11,15-16,18,30H,6-8,12-14H2,1H3,(H,31,32,33)/b3-2+/t16-,18+/m1/s1. The minimum atomic E-state index is -0.514. The van der Waals surface area contributed by atoms with Gasteiger partial charge in [0.2, 0.25) is 5.91 Å². The van der Waals surface area contributed by atoms with Crippen LogP contribution in [0.5, 0.6) is 5.75 Å². The van der Waals surface area contributed by atoms with E-state index in [9.17, 15) is 14.0 Å². The van der Waals surface area contributed by atoms with Gasteiger partial charge in [-0.15, -0.1) is 0 Å². The van der Waals surface area contributed by atoms with Crippen LogP contribution in [0.15, 0.2) is 48.8 Å². The monoisotopic (exact) mass is 555 g/mol. The highest BCUT2D eigenvalue weighted by Crippen LogP contribution is 2.35. The molecular weight excluding hydrogens is 529 g/mol. The predicted octanol–water partition coefficient (Wildman–Crippen LogP) is 4.08. The van der Waals surface area contributed by atoms with Crippen molar-refractivity contribution in [2.24, 2.45) is 0 Å². The molecule has 10 nitrogen and oxygen atoms in total. The number of esters is 1. The lowest BCUT2D eigenvalue weighted by Crippen LogP contribution is -2.46. The first-order valence-electron chi connectivity index (χ1n) is 12.5. The number of benzene rings is 2. The Hall–Kier alpha value is -3.96. The number of hydrogen-bond acceptors (Lipinski definition) is 9. The molecule has 2 fully saturated rings. The molecule has 1 amide bonds. The molecule has 12 heteroatoms. The van der Waals surface area contributed by atoms with Gasteiger partial charge in [0, 0.05) is 36.2 Å². The van der Waals surface area contributed by atoms with Gasteiger partial charge in [0.05, 0.1) is 36.0 Å². The number of fused-ring (bicyclic) bond motifs is 1. The van der Waals surface area contributed by atoms with Crippen molar-refractivity contribution in [2.75, 3.05) is 43.5 Å². The predicted molar refractivity (Wildman–Crippen MR) is 144 cm³/mol. The van der Waals surface area contributed by atoms with Gasteiger partial charge in [-0.25, -0.2) is 14.4 Å². The molecule has 0 spiro atoms. The first-order chi connectivity index (χ1) is 18.9. The minimum Gasteiger partial charge on any atom is -0.486 e. The summed E-state index contributed by atoms with van der Waals surface area (Å²) in [4.78, 5) is 34.4. The van der Waals surface area contributed by atoms with Crippen molar-refractivity contribution in [1.82, 2.24) is 14.9 Å². The van der Waals surface area contributed by atoms with E-state index in [0.717, 1.165) is 6.42 Å². The van der Waals surface area contributed by atoms with Crippen LogP contribution in [0.2, 0.25) is 5.02 Å². The van der Waals surface area contributed by atoms with Crippen molar-refractivity contribution in [3.63, 3.8) is 0 Å². The highest BCUT2D eigenvalue weighted by molar-refractivity contribution is 6.31. The second-order valence-corrected chi connectivity index (χ2v) is 9.65. The Morgan fingerprint density at radius 1 is 1.31 bits per heavy atom. The molecule has 0 saturated carbocycles. The Morgan fingerprint density at radius 3 is 2.95 bits per heavy atom. The van der Waals surface area contributed by atoms with Crippen LogP contribution in [-0.2, 0) is 19.1 Å². The summed E-state index contributed by atoms with van der Waals surface area (Å²) in [6.07, 6.45) is 4.87. The molecule has 2 saturated heterocycles. The fourth-order valence-electron chi connectivity index (χ4n) is 4.35. The van der Waals surface area contributed by atoms with Crippen LogP contribution in [0.1, 0.15) is 13.3 Å². The molecule has 204 valence electrons. The highest BCUT2D eigenvalue weighted by Gasteiger charge is 2.26. The first kappa shape index (κ1) is 26.6. The third-order valence-corrected chi connectivity index (χ3v) is 6.50.